The van der Waals surface area contributed by atoms with E-state index in [1.54, 1.807) is 18.2 Å². The van der Waals surface area contributed by atoms with E-state index in [1.165, 1.54) is 24.3 Å². The van der Waals surface area contributed by atoms with Gasteiger partial charge in [-0.1, -0.05) is 22.9 Å². The Morgan fingerprint density at radius 2 is 1.70 bits per heavy atom. The first kappa shape index (κ1) is 22.0. The molecule has 1 aromatic heterocycles. The molecule has 0 aliphatic rings. The van der Waals surface area contributed by atoms with Crippen LogP contribution in [0.15, 0.2) is 71.3 Å². The normalized spacial score (nSPS) is 10.6. The van der Waals surface area contributed by atoms with Gasteiger partial charge in [0, 0.05) is 16.8 Å². The van der Waals surface area contributed by atoms with Crippen LogP contribution in [0, 0.1) is 12.7 Å². The number of anilines is 1. The van der Waals surface area contributed by atoms with Crippen molar-refractivity contribution in [2.45, 2.75) is 13.8 Å². The summed E-state index contributed by atoms with van der Waals surface area (Å²) in [5, 5.41) is 6.72. The van der Waals surface area contributed by atoms with Crippen LogP contribution in [-0.4, -0.2) is 29.3 Å². The Hall–Kier alpha value is -4.20. The molecule has 0 bridgehead atoms. The van der Waals surface area contributed by atoms with E-state index in [0.717, 1.165) is 11.1 Å². The lowest BCUT2D eigenvalue weighted by molar-refractivity contribution is -0.118. The Kier molecular flexibility index (Phi) is 6.64. The molecular weight excluding hydrogens is 425 g/mol. The molecule has 0 spiro atoms. The van der Waals surface area contributed by atoms with E-state index in [0.29, 0.717) is 41.1 Å². The van der Waals surface area contributed by atoms with Crippen molar-refractivity contribution in [3.63, 3.8) is 0 Å². The largest absolute Gasteiger partial charge is 0.490 e. The van der Waals surface area contributed by atoms with E-state index in [9.17, 15) is 9.18 Å². The molecule has 8 heteroatoms. The Morgan fingerprint density at radius 1 is 0.970 bits per heavy atom. The van der Waals surface area contributed by atoms with Crippen LogP contribution in [0.25, 0.3) is 22.8 Å². The van der Waals surface area contributed by atoms with Crippen molar-refractivity contribution in [3.05, 3.63) is 78.1 Å². The predicted molar refractivity (Wildman–Crippen MR) is 122 cm³/mol. The Labute approximate surface area is 190 Å². The summed E-state index contributed by atoms with van der Waals surface area (Å²) < 4.78 is 29.7. The van der Waals surface area contributed by atoms with Crippen LogP contribution >= 0.6 is 0 Å². The quantitative estimate of drug-likeness (QED) is 0.396. The average Bonchev–Trinajstić information content (AvgIpc) is 3.31. The van der Waals surface area contributed by atoms with Crippen LogP contribution in [0.4, 0.5) is 10.1 Å². The number of hydrogen-bond acceptors (Lipinski definition) is 6. The maximum Gasteiger partial charge on any atom is 0.262 e. The number of halogens is 1. The van der Waals surface area contributed by atoms with Crippen LogP contribution < -0.4 is 14.8 Å². The first-order valence-electron chi connectivity index (χ1n) is 10.4. The number of nitrogens with zero attached hydrogens (tertiary/aromatic N) is 2. The lowest BCUT2D eigenvalue weighted by Crippen LogP contribution is -2.20. The van der Waals surface area contributed by atoms with E-state index in [-0.39, 0.29) is 18.3 Å². The van der Waals surface area contributed by atoms with E-state index in [1.807, 2.05) is 38.1 Å². The molecule has 0 saturated carbocycles. The van der Waals surface area contributed by atoms with Crippen molar-refractivity contribution in [1.82, 2.24) is 10.1 Å². The van der Waals surface area contributed by atoms with Crippen molar-refractivity contribution in [3.8, 4) is 34.3 Å². The molecule has 1 N–H and O–H groups in total. The van der Waals surface area contributed by atoms with Crippen LogP contribution in [0.5, 0.6) is 11.5 Å². The minimum absolute atomic E-state index is 0.240. The molecule has 4 rings (SSSR count). The monoisotopic (exact) mass is 447 g/mol. The average molecular weight is 447 g/mol. The standard InChI is InChI=1S/C25H22FN3O4/c1-3-31-22-14-18(24-28-25(33-29-24)17-6-4-16(2)5-7-17)8-13-21(22)32-15-23(30)27-20-11-9-19(26)10-12-20/h4-14H,3,15H2,1-2H3,(H,27,30). The molecule has 0 unspecified atom stereocenters. The van der Waals surface area contributed by atoms with Crippen molar-refractivity contribution in [1.29, 1.82) is 0 Å². The fourth-order valence-electron chi connectivity index (χ4n) is 3.06. The Morgan fingerprint density at radius 3 is 2.42 bits per heavy atom. The van der Waals surface area contributed by atoms with Crippen molar-refractivity contribution >= 4 is 11.6 Å². The minimum atomic E-state index is -0.381. The molecular formula is C25H22FN3O4. The number of amides is 1. The minimum Gasteiger partial charge on any atom is -0.490 e. The second-order valence-electron chi connectivity index (χ2n) is 7.23. The van der Waals surface area contributed by atoms with Crippen LogP contribution in [-0.2, 0) is 4.79 Å². The van der Waals surface area contributed by atoms with Gasteiger partial charge in [0.1, 0.15) is 5.82 Å². The fourth-order valence-corrected chi connectivity index (χ4v) is 3.06. The smallest absolute Gasteiger partial charge is 0.262 e. The second-order valence-corrected chi connectivity index (χ2v) is 7.23. The molecule has 1 amide bonds. The summed E-state index contributed by atoms with van der Waals surface area (Å²) in [6.07, 6.45) is 0. The third-order valence-electron chi connectivity index (χ3n) is 4.71. The van der Waals surface area contributed by atoms with Crippen LogP contribution in [0.3, 0.4) is 0 Å². The summed E-state index contributed by atoms with van der Waals surface area (Å²) in [6.45, 7) is 4.02. The van der Waals surface area contributed by atoms with Crippen molar-refractivity contribution in [2.75, 3.05) is 18.5 Å². The molecule has 33 heavy (non-hydrogen) atoms. The van der Waals surface area contributed by atoms with Gasteiger partial charge in [0.2, 0.25) is 5.82 Å². The number of aromatic nitrogens is 2. The molecule has 1 heterocycles. The number of nitrogens with one attached hydrogen (secondary N) is 1. The molecule has 0 saturated heterocycles. The van der Waals surface area contributed by atoms with Gasteiger partial charge in [0.25, 0.3) is 11.8 Å². The molecule has 168 valence electrons. The van der Waals surface area contributed by atoms with Crippen LogP contribution in [0.1, 0.15) is 12.5 Å². The van der Waals surface area contributed by atoms with Crippen molar-refractivity contribution in [2.24, 2.45) is 0 Å². The summed E-state index contributed by atoms with van der Waals surface area (Å²) >= 11 is 0. The third-order valence-corrected chi connectivity index (χ3v) is 4.71. The number of benzene rings is 3. The molecule has 0 aliphatic heterocycles. The highest BCUT2D eigenvalue weighted by Crippen LogP contribution is 2.32. The van der Waals surface area contributed by atoms with Gasteiger partial charge in [-0.25, -0.2) is 4.39 Å². The number of carbonyl (C=O) groups excluding carboxylic acids is 1. The predicted octanol–water partition coefficient (Wildman–Crippen LogP) is 5.27. The Bertz CT molecular complexity index is 1240. The van der Waals surface area contributed by atoms with Gasteiger partial charge in [-0.15, -0.1) is 0 Å². The maximum absolute atomic E-state index is 13.0. The molecule has 4 aromatic rings. The number of ether oxygens (including phenoxy) is 2. The highest BCUT2D eigenvalue weighted by atomic mass is 19.1. The summed E-state index contributed by atoms with van der Waals surface area (Å²) in [5.41, 5.74) is 3.13. The summed E-state index contributed by atoms with van der Waals surface area (Å²) in [5.74, 6) is 0.920. The molecule has 0 atom stereocenters. The van der Waals surface area contributed by atoms with E-state index in [4.69, 9.17) is 14.0 Å². The van der Waals surface area contributed by atoms with Gasteiger partial charge in [0.05, 0.1) is 6.61 Å². The maximum atomic E-state index is 13.0. The molecule has 7 nitrogen and oxygen atoms in total. The zero-order chi connectivity index (χ0) is 23.2. The molecule has 3 aromatic carbocycles. The van der Waals surface area contributed by atoms with Crippen molar-refractivity contribution < 1.29 is 23.2 Å². The van der Waals surface area contributed by atoms with E-state index in [2.05, 4.69) is 15.5 Å². The zero-order valence-electron chi connectivity index (χ0n) is 18.2. The lowest BCUT2D eigenvalue weighted by atomic mass is 10.1. The van der Waals surface area contributed by atoms with Gasteiger partial charge in [-0.3, -0.25) is 4.79 Å². The number of carbonyl (C=O) groups is 1. The Balaban J connectivity index is 1.46. The SMILES string of the molecule is CCOc1cc(-c2noc(-c3ccc(C)cc3)n2)ccc1OCC(=O)Nc1ccc(F)cc1. The topological polar surface area (TPSA) is 86.5 Å². The third kappa shape index (κ3) is 5.54. The van der Waals surface area contributed by atoms with Crippen LogP contribution in [0.2, 0.25) is 0 Å². The van der Waals surface area contributed by atoms with Gasteiger partial charge < -0.3 is 19.3 Å². The van der Waals surface area contributed by atoms with Gasteiger partial charge in [-0.05, 0) is 68.4 Å². The number of rotatable bonds is 8. The fraction of sp³-hybridized carbons (Fsp3) is 0.160. The summed E-state index contributed by atoms with van der Waals surface area (Å²) in [7, 11) is 0. The summed E-state index contributed by atoms with van der Waals surface area (Å²) in [4.78, 5) is 16.7. The van der Waals surface area contributed by atoms with E-state index >= 15 is 0 Å². The van der Waals surface area contributed by atoms with E-state index < -0.39 is 0 Å². The summed E-state index contributed by atoms with van der Waals surface area (Å²) in [6, 6.07) is 18.5. The highest BCUT2D eigenvalue weighted by Gasteiger charge is 2.15. The lowest BCUT2D eigenvalue weighted by Gasteiger charge is -2.13. The molecule has 0 aliphatic carbocycles. The molecule has 0 fully saturated rings. The second kappa shape index (κ2) is 9.95. The number of hydrogen-bond donors (Lipinski definition) is 1. The highest BCUT2D eigenvalue weighted by molar-refractivity contribution is 5.91. The van der Waals surface area contributed by atoms with Gasteiger partial charge in [-0.2, -0.15) is 4.98 Å². The van der Waals surface area contributed by atoms with Gasteiger partial charge in [0.15, 0.2) is 18.1 Å². The first-order chi connectivity index (χ1) is 16.0. The molecule has 0 radical (unpaired) electrons. The van der Waals surface area contributed by atoms with Gasteiger partial charge >= 0.3 is 0 Å². The zero-order valence-corrected chi connectivity index (χ0v) is 18.2. The number of aryl methyl sites for hydroxylation is 1. The first-order valence-corrected chi connectivity index (χ1v) is 10.4.